The Bertz CT molecular complexity index is 413. The van der Waals surface area contributed by atoms with E-state index in [1.165, 1.54) is 6.07 Å². The summed E-state index contributed by atoms with van der Waals surface area (Å²) in [5.74, 6) is 0.417. The van der Waals surface area contributed by atoms with Crippen LogP contribution >= 0.6 is 0 Å². The van der Waals surface area contributed by atoms with Gasteiger partial charge in [-0.2, -0.15) is 0 Å². The highest BCUT2D eigenvalue weighted by Crippen LogP contribution is 2.21. The number of amidine groups is 1. The zero-order valence-electron chi connectivity index (χ0n) is 9.55. The number of rotatable bonds is 3. The number of hydrogen-bond acceptors (Lipinski definition) is 3. The van der Waals surface area contributed by atoms with Crippen LogP contribution < -0.4 is 10.6 Å². The van der Waals surface area contributed by atoms with Crippen LogP contribution in [0.4, 0.5) is 10.1 Å². The zero-order valence-corrected chi connectivity index (χ0v) is 9.55. The lowest BCUT2D eigenvalue weighted by atomic mass is 10.1. The highest BCUT2D eigenvalue weighted by molar-refractivity contribution is 6.04. The Balaban J connectivity index is 2.40. The molecular formula is C12H16FN3. The van der Waals surface area contributed by atoms with E-state index in [9.17, 15) is 4.39 Å². The van der Waals surface area contributed by atoms with E-state index < -0.39 is 0 Å². The highest BCUT2D eigenvalue weighted by Gasteiger charge is 2.17. The summed E-state index contributed by atoms with van der Waals surface area (Å²) in [7, 11) is 0. The molecule has 0 saturated heterocycles. The molecule has 4 heteroatoms. The van der Waals surface area contributed by atoms with E-state index in [0.29, 0.717) is 17.9 Å². The van der Waals surface area contributed by atoms with E-state index in [4.69, 9.17) is 0 Å². The Morgan fingerprint density at radius 3 is 2.88 bits per heavy atom. The fourth-order valence-electron chi connectivity index (χ4n) is 1.76. The third-order valence-electron chi connectivity index (χ3n) is 2.37. The summed E-state index contributed by atoms with van der Waals surface area (Å²) in [4.78, 5) is 4.26. The molecule has 0 amide bonds. The van der Waals surface area contributed by atoms with Crippen molar-refractivity contribution in [2.75, 3.05) is 18.4 Å². The molecule has 0 aliphatic carbocycles. The second-order valence-electron chi connectivity index (χ2n) is 4.12. The molecule has 0 bridgehead atoms. The first-order valence-corrected chi connectivity index (χ1v) is 5.52. The van der Waals surface area contributed by atoms with Crippen LogP contribution in [0.5, 0.6) is 0 Å². The van der Waals surface area contributed by atoms with Gasteiger partial charge in [-0.15, -0.1) is 0 Å². The lowest BCUT2D eigenvalue weighted by Gasteiger charge is -2.15. The van der Waals surface area contributed by atoms with Gasteiger partial charge < -0.3 is 10.6 Å². The first kappa shape index (κ1) is 10.9. The van der Waals surface area contributed by atoms with Crippen LogP contribution in [0.1, 0.15) is 19.4 Å². The van der Waals surface area contributed by atoms with E-state index in [1.807, 2.05) is 19.9 Å². The summed E-state index contributed by atoms with van der Waals surface area (Å²) in [5, 5.41) is 6.33. The maximum Gasteiger partial charge on any atom is 0.136 e. The van der Waals surface area contributed by atoms with Gasteiger partial charge in [0, 0.05) is 18.3 Å². The second-order valence-corrected chi connectivity index (χ2v) is 4.12. The van der Waals surface area contributed by atoms with Crippen molar-refractivity contribution in [1.29, 1.82) is 0 Å². The Kier molecular flexibility index (Phi) is 3.08. The average Bonchev–Trinajstić information content (AvgIpc) is 2.69. The molecule has 86 valence electrons. The van der Waals surface area contributed by atoms with Crippen molar-refractivity contribution in [2.24, 2.45) is 4.99 Å². The molecule has 0 fully saturated rings. The molecule has 1 aromatic rings. The van der Waals surface area contributed by atoms with Gasteiger partial charge in [-0.3, -0.25) is 4.99 Å². The summed E-state index contributed by atoms with van der Waals surface area (Å²) in [6.07, 6.45) is 0. The van der Waals surface area contributed by atoms with Crippen LogP contribution in [0, 0.1) is 5.82 Å². The van der Waals surface area contributed by atoms with Crippen molar-refractivity contribution in [2.45, 2.75) is 19.9 Å². The Labute approximate surface area is 94.8 Å². The van der Waals surface area contributed by atoms with E-state index >= 15 is 0 Å². The summed E-state index contributed by atoms with van der Waals surface area (Å²) >= 11 is 0. The normalized spacial score (nSPS) is 14.9. The summed E-state index contributed by atoms with van der Waals surface area (Å²) < 4.78 is 13.8. The quantitative estimate of drug-likeness (QED) is 0.819. The molecule has 2 N–H and O–H groups in total. The molecular weight excluding hydrogens is 205 g/mol. The average molecular weight is 221 g/mol. The molecule has 0 radical (unpaired) electrons. The fourth-order valence-corrected chi connectivity index (χ4v) is 1.76. The number of benzene rings is 1. The van der Waals surface area contributed by atoms with Gasteiger partial charge in [0.05, 0.1) is 12.1 Å². The van der Waals surface area contributed by atoms with Gasteiger partial charge in [0.25, 0.3) is 0 Å². The first-order chi connectivity index (χ1) is 7.68. The molecule has 1 aromatic carbocycles. The van der Waals surface area contributed by atoms with Gasteiger partial charge in [-0.05, 0) is 26.0 Å². The van der Waals surface area contributed by atoms with Crippen LogP contribution in [-0.2, 0) is 0 Å². The van der Waals surface area contributed by atoms with Crippen molar-refractivity contribution >= 4 is 11.5 Å². The van der Waals surface area contributed by atoms with E-state index in [1.54, 1.807) is 6.07 Å². The van der Waals surface area contributed by atoms with Gasteiger partial charge in [0.15, 0.2) is 0 Å². The Morgan fingerprint density at radius 1 is 1.44 bits per heavy atom. The van der Waals surface area contributed by atoms with E-state index in [-0.39, 0.29) is 11.9 Å². The molecule has 0 atom stereocenters. The number of hydrogen-bond donors (Lipinski definition) is 2. The van der Waals surface area contributed by atoms with Crippen molar-refractivity contribution < 1.29 is 4.39 Å². The van der Waals surface area contributed by atoms with Gasteiger partial charge in [0.1, 0.15) is 11.7 Å². The van der Waals surface area contributed by atoms with Crippen LogP contribution in [0.25, 0.3) is 0 Å². The summed E-state index contributed by atoms with van der Waals surface area (Å²) in [5.41, 5.74) is 1.34. The lowest BCUT2D eigenvalue weighted by molar-refractivity contribution is 0.624. The molecule has 1 aliphatic rings. The third-order valence-corrected chi connectivity index (χ3v) is 2.37. The minimum atomic E-state index is -0.237. The van der Waals surface area contributed by atoms with Gasteiger partial charge in [-0.1, -0.05) is 6.07 Å². The number of halogens is 1. The topological polar surface area (TPSA) is 36.4 Å². The molecule has 16 heavy (non-hydrogen) atoms. The lowest BCUT2D eigenvalue weighted by Crippen LogP contribution is -2.23. The summed E-state index contributed by atoms with van der Waals surface area (Å²) in [6.45, 7) is 5.55. The zero-order chi connectivity index (χ0) is 11.5. The fraction of sp³-hybridized carbons (Fsp3) is 0.417. The number of anilines is 1. The SMILES string of the molecule is CC(C)Nc1cccc(F)c1C1=NCCN1. The van der Waals surface area contributed by atoms with Gasteiger partial charge in [-0.25, -0.2) is 4.39 Å². The van der Waals surface area contributed by atoms with Gasteiger partial charge in [0.2, 0.25) is 0 Å². The first-order valence-electron chi connectivity index (χ1n) is 5.52. The summed E-state index contributed by atoms with van der Waals surface area (Å²) in [6, 6.07) is 5.31. The molecule has 0 aromatic heterocycles. The Morgan fingerprint density at radius 2 is 2.25 bits per heavy atom. The van der Waals surface area contributed by atoms with E-state index in [2.05, 4.69) is 15.6 Å². The number of nitrogens with zero attached hydrogens (tertiary/aromatic N) is 1. The molecule has 3 nitrogen and oxygen atoms in total. The molecule has 2 rings (SSSR count). The standard InChI is InChI=1S/C12H16FN3/c1-8(2)16-10-5-3-4-9(13)11(10)12-14-6-7-15-12/h3-5,8,16H,6-7H2,1-2H3,(H,14,15). The van der Waals surface area contributed by atoms with Crippen LogP contribution in [-0.4, -0.2) is 25.0 Å². The largest absolute Gasteiger partial charge is 0.382 e. The minimum absolute atomic E-state index is 0.237. The molecule has 0 unspecified atom stereocenters. The molecule has 1 heterocycles. The Hall–Kier alpha value is -1.58. The second kappa shape index (κ2) is 4.51. The maximum absolute atomic E-state index is 13.8. The monoisotopic (exact) mass is 221 g/mol. The molecule has 0 spiro atoms. The third kappa shape index (κ3) is 2.15. The smallest absolute Gasteiger partial charge is 0.136 e. The van der Waals surface area contributed by atoms with Crippen molar-refractivity contribution in [3.63, 3.8) is 0 Å². The maximum atomic E-state index is 13.8. The highest BCUT2D eigenvalue weighted by atomic mass is 19.1. The van der Waals surface area contributed by atoms with Crippen LogP contribution in [0.15, 0.2) is 23.2 Å². The van der Waals surface area contributed by atoms with Crippen molar-refractivity contribution in [3.8, 4) is 0 Å². The van der Waals surface area contributed by atoms with Gasteiger partial charge >= 0.3 is 0 Å². The predicted molar refractivity (Wildman–Crippen MR) is 64.6 cm³/mol. The van der Waals surface area contributed by atoms with E-state index in [0.717, 1.165) is 12.2 Å². The van der Waals surface area contributed by atoms with Crippen molar-refractivity contribution in [3.05, 3.63) is 29.6 Å². The molecule has 1 aliphatic heterocycles. The predicted octanol–water partition coefficient (Wildman–Crippen LogP) is 2.00. The minimum Gasteiger partial charge on any atom is -0.382 e. The number of nitrogens with one attached hydrogen (secondary N) is 2. The van der Waals surface area contributed by atoms with Crippen LogP contribution in [0.3, 0.4) is 0 Å². The number of aliphatic imine (C=N–C) groups is 1. The van der Waals surface area contributed by atoms with Crippen molar-refractivity contribution in [1.82, 2.24) is 5.32 Å². The molecule has 0 saturated carbocycles. The van der Waals surface area contributed by atoms with Crippen LogP contribution in [0.2, 0.25) is 0 Å².